The predicted molar refractivity (Wildman–Crippen MR) is 114 cm³/mol. The van der Waals surface area contributed by atoms with Crippen LogP contribution in [0.5, 0.6) is 0 Å². The largest absolute Gasteiger partial charge is 0.354 e. The molecule has 1 aromatic carbocycles. The Kier molecular flexibility index (Phi) is 5.25. The molecule has 29 heavy (non-hydrogen) atoms. The van der Waals surface area contributed by atoms with Crippen molar-refractivity contribution in [1.82, 2.24) is 25.4 Å². The molecule has 0 spiro atoms. The zero-order valence-electron chi connectivity index (χ0n) is 17.7. The first-order valence-corrected chi connectivity index (χ1v) is 10.6. The van der Waals surface area contributed by atoms with Crippen LogP contribution >= 0.6 is 0 Å². The number of aromatic amines is 1. The van der Waals surface area contributed by atoms with Crippen molar-refractivity contribution < 1.29 is 9.59 Å². The fourth-order valence-corrected chi connectivity index (χ4v) is 5.23. The number of hydrogen-bond acceptors (Lipinski definition) is 3. The number of urea groups is 1. The Hall–Kier alpha value is -2.54. The molecule has 1 aliphatic carbocycles. The molecule has 1 aliphatic heterocycles. The van der Waals surface area contributed by atoms with Crippen LogP contribution in [-0.4, -0.2) is 72.5 Å². The van der Waals surface area contributed by atoms with E-state index in [4.69, 9.17) is 0 Å². The number of nitrogens with zero attached hydrogens (tertiary/aromatic N) is 2. The van der Waals surface area contributed by atoms with Crippen LogP contribution in [0.1, 0.15) is 47.8 Å². The highest BCUT2D eigenvalue weighted by Crippen LogP contribution is 2.44. The van der Waals surface area contributed by atoms with Crippen molar-refractivity contribution >= 4 is 22.8 Å². The number of hydrogen-bond donors (Lipinski definition) is 3. The fraction of sp³-hybridized carbons (Fsp3) is 0.545. The molecule has 0 radical (unpaired) electrons. The Morgan fingerprint density at radius 2 is 2.03 bits per heavy atom. The molecule has 3 atom stereocenters. The maximum atomic E-state index is 12.6. The first kappa shape index (κ1) is 19.8. The van der Waals surface area contributed by atoms with Crippen LogP contribution in [0.3, 0.4) is 0 Å². The number of benzene rings is 1. The van der Waals surface area contributed by atoms with Gasteiger partial charge in [0.15, 0.2) is 0 Å². The summed E-state index contributed by atoms with van der Waals surface area (Å²) < 4.78 is 0. The highest BCUT2D eigenvalue weighted by Gasteiger charge is 2.41. The molecule has 156 valence electrons. The summed E-state index contributed by atoms with van der Waals surface area (Å²) in [5.41, 5.74) is 4.10. The lowest BCUT2D eigenvalue weighted by molar-refractivity contribution is 0.0954. The van der Waals surface area contributed by atoms with Gasteiger partial charge in [0.25, 0.3) is 5.91 Å². The van der Waals surface area contributed by atoms with E-state index in [1.165, 1.54) is 10.9 Å². The Labute approximate surface area is 171 Å². The van der Waals surface area contributed by atoms with Gasteiger partial charge in [-0.1, -0.05) is 12.1 Å². The number of amides is 3. The molecule has 3 amide bonds. The van der Waals surface area contributed by atoms with Gasteiger partial charge in [0.2, 0.25) is 0 Å². The van der Waals surface area contributed by atoms with Gasteiger partial charge in [-0.05, 0) is 50.9 Å². The van der Waals surface area contributed by atoms with Crippen molar-refractivity contribution in [3.05, 3.63) is 35.0 Å². The van der Waals surface area contributed by atoms with Gasteiger partial charge in [-0.25, -0.2) is 4.79 Å². The monoisotopic (exact) mass is 397 g/mol. The van der Waals surface area contributed by atoms with Crippen molar-refractivity contribution in [2.45, 2.75) is 44.7 Å². The van der Waals surface area contributed by atoms with Crippen LogP contribution in [0, 0.1) is 0 Å². The summed E-state index contributed by atoms with van der Waals surface area (Å²) in [7, 11) is 3.80. The van der Waals surface area contributed by atoms with Crippen LogP contribution in [-0.2, 0) is 6.42 Å². The summed E-state index contributed by atoms with van der Waals surface area (Å²) in [6.45, 7) is 6.26. The first-order valence-electron chi connectivity index (χ1n) is 10.6. The third kappa shape index (κ3) is 3.27. The van der Waals surface area contributed by atoms with Gasteiger partial charge in [0.05, 0.1) is 0 Å². The summed E-state index contributed by atoms with van der Waals surface area (Å²) in [5.74, 6) is 0.267. The quantitative estimate of drug-likeness (QED) is 0.741. The van der Waals surface area contributed by atoms with Crippen molar-refractivity contribution in [2.24, 2.45) is 0 Å². The lowest BCUT2D eigenvalue weighted by Gasteiger charge is -2.46. The topological polar surface area (TPSA) is 80.5 Å². The highest BCUT2D eigenvalue weighted by atomic mass is 16.2. The van der Waals surface area contributed by atoms with E-state index in [0.29, 0.717) is 30.7 Å². The number of likely N-dealkylation sites (tertiary alicyclic amines) is 1. The highest BCUT2D eigenvalue weighted by molar-refractivity contribution is 6.02. The number of rotatable bonds is 4. The maximum absolute atomic E-state index is 12.6. The summed E-state index contributed by atoms with van der Waals surface area (Å²) in [5, 5.41) is 7.20. The molecule has 0 bridgehead atoms. The van der Waals surface area contributed by atoms with Crippen molar-refractivity contribution in [3.63, 3.8) is 0 Å². The number of nitrogens with one attached hydrogen (secondary N) is 3. The Balaban J connectivity index is 1.67. The van der Waals surface area contributed by atoms with E-state index in [2.05, 4.69) is 39.7 Å². The molecule has 3 N–H and O–H groups in total. The number of H-pyrrole nitrogens is 1. The van der Waals surface area contributed by atoms with E-state index >= 15 is 0 Å². The number of piperidine rings is 1. The van der Waals surface area contributed by atoms with Crippen LogP contribution in [0.15, 0.2) is 18.2 Å². The van der Waals surface area contributed by atoms with Crippen molar-refractivity contribution in [1.29, 1.82) is 0 Å². The van der Waals surface area contributed by atoms with Gasteiger partial charge in [0, 0.05) is 55.6 Å². The average molecular weight is 398 g/mol. The van der Waals surface area contributed by atoms with Crippen molar-refractivity contribution in [3.8, 4) is 0 Å². The molecule has 4 rings (SSSR count). The lowest BCUT2D eigenvalue weighted by atomic mass is 9.73. The molecule has 1 fully saturated rings. The molecule has 1 unspecified atom stereocenters. The van der Waals surface area contributed by atoms with E-state index < -0.39 is 0 Å². The maximum Gasteiger partial charge on any atom is 0.317 e. The fourth-order valence-electron chi connectivity index (χ4n) is 5.23. The second-order valence-corrected chi connectivity index (χ2v) is 8.20. The van der Waals surface area contributed by atoms with Gasteiger partial charge >= 0.3 is 6.03 Å². The number of likely N-dealkylation sites (N-methyl/N-ethyl adjacent to an activating group) is 1. The number of carbonyl (C=O) groups is 2. The van der Waals surface area contributed by atoms with Crippen LogP contribution < -0.4 is 10.6 Å². The molecular weight excluding hydrogens is 366 g/mol. The smallest absolute Gasteiger partial charge is 0.317 e. The minimum Gasteiger partial charge on any atom is -0.354 e. The predicted octanol–water partition coefficient (Wildman–Crippen LogP) is 2.29. The molecule has 7 heteroatoms. The third-order valence-corrected chi connectivity index (χ3v) is 6.68. The zero-order chi connectivity index (χ0) is 20.7. The first-order chi connectivity index (χ1) is 14.0. The Morgan fingerprint density at radius 3 is 2.72 bits per heavy atom. The second-order valence-electron chi connectivity index (χ2n) is 8.20. The summed E-state index contributed by atoms with van der Waals surface area (Å²) >= 11 is 0. The van der Waals surface area contributed by atoms with E-state index in [9.17, 15) is 9.59 Å². The van der Waals surface area contributed by atoms with E-state index in [1.54, 1.807) is 7.05 Å². The number of fused-ring (bicyclic) bond motifs is 2. The Bertz CT molecular complexity index is 933. The third-order valence-electron chi connectivity index (χ3n) is 6.68. The zero-order valence-corrected chi connectivity index (χ0v) is 17.7. The SMILES string of the molecule is CCN(CC)C(=O)N[C@H]1CC2c3cccc4[nH]c(C(=O)NC)c(c34)C[C@H]2N(C)C1. The van der Waals surface area contributed by atoms with E-state index in [0.717, 1.165) is 30.5 Å². The van der Waals surface area contributed by atoms with Crippen molar-refractivity contribution in [2.75, 3.05) is 33.7 Å². The molecule has 1 saturated heterocycles. The van der Waals surface area contributed by atoms with Gasteiger partial charge in [-0.15, -0.1) is 0 Å². The van der Waals surface area contributed by atoms with Gasteiger partial charge in [-0.2, -0.15) is 0 Å². The summed E-state index contributed by atoms with van der Waals surface area (Å²) in [4.78, 5) is 32.5. The molecule has 1 aromatic heterocycles. The molecule has 2 aliphatic rings. The van der Waals surface area contributed by atoms with Gasteiger partial charge in [0.1, 0.15) is 5.69 Å². The summed E-state index contributed by atoms with van der Waals surface area (Å²) in [6, 6.07) is 6.75. The van der Waals surface area contributed by atoms with Gasteiger partial charge in [-0.3, -0.25) is 4.79 Å². The standard InChI is InChI=1S/C22H31N5O2/c1-5-27(6-2)22(29)24-13-10-15-14-8-7-9-17-19(14)16(11-18(15)26(4)12-13)20(25-17)21(28)23-3/h7-9,13,15,18,25H,5-6,10-12H2,1-4H3,(H,23,28)(H,24,29)/t13-,15?,18+/m0/s1. The molecule has 2 aromatic rings. The normalized spacial score (nSPS) is 23.5. The molecule has 7 nitrogen and oxygen atoms in total. The number of carbonyl (C=O) groups excluding carboxylic acids is 2. The van der Waals surface area contributed by atoms with E-state index in [1.807, 2.05) is 24.8 Å². The van der Waals surface area contributed by atoms with Gasteiger partial charge < -0.3 is 25.4 Å². The molecule has 0 saturated carbocycles. The summed E-state index contributed by atoms with van der Waals surface area (Å²) in [6.07, 6.45) is 1.76. The Morgan fingerprint density at radius 1 is 1.28 bits per heavy atom. The van der Waals surface area contributed by atoms with Crippen LogP contribution in [0.2, 0.25) is 0 Å². The van der Waals surface area contributed by atoms with Crippen LogP contribution in [0.25, 0.3) is 10.9 Å². The molecular formula is C22H31N5O2. The second kappa shape index (κ2) is 7.71. The van der Waals surface area contributed by atoms with Crippen LogP contribution in [0.4, 0.5) is 4.79 Å². The minimum atomic E-state index is -0.0663. The lowest BCUT2D eigenvalue weighted by Crippen LogP contribution is -2.56. The average Bonchev–Trinajstić information content (AvgIpc) is 3.09. The number of aromatic nitrogens is 1. The minimum absolute atomic E-state index is 0.0186. The molecule has 2 heterocycles. The van der Waals surface area contributed by atoms with E-state index in [-0.39, 0.29) is 18.0 Å².